The monoisotopic (exact) mass is 513 g/mol. The van der Waals surface area contributed by atoms with E-state index in [-0.39, 0.29) is 20.7 Å². The zero-order chi connectivity index (χ0) is 24.5. The Hall–Kier alpha value is -1.65. The molecule has 0 unspecified atom stereocenters. The first-order chi connectivity index (χ1) is 14.6. The summed E-state index contributed by atoms with van der Waals surface area (Å²) in [6.07, 6.45) is 0. The van der Waals surface area contributed by atoms with Crippen LogP contribution in [0.2, 0.25) is 23.2 Å². The smallest absolute Gasteiger partial charge is 0.250 e. The Bertz CT molecular complexity index is 1110. The van der Waals surface area contributed by atoms with Gasteiger partial charge in [-0.2, -0.15) is 0 Å². The van der Waals surface area contributed by atoms with Crippen LogP contribution in [0.25, 0.3) is 0 Å². The van der Waals surface area contributed by atoms with Crippen LogP contribution in [-0.2, 0) is 10.0 Å². The molecule has 0 fully saturated rings. The zero-order valence-electron chi connectivity index (χ0n) is 19.8. The summed E-state index contributed by atoms with van der Waals surface area (Å²) in [5.74, 6) is 0.187. The lowest BCUT2D eigenvalue weighted by Gasteiger charge is -2.37. The van der Waals surface area contributed by atoms with Crippen molar-refractivity contribution >= 4 is 58.6 Å². The highest BCUT2D eigenvalue weighted by molar-refractivity contribution is 7.89. The summed E-state index contributed by atoms with van der Waals surface area (Å²) < 4.78 is 34.0. The number of hydrogen-bond donors (Lipinski definition) is 2. The predicted octanol–water partition coefficient (Wildman–Crippen LogP) is 6.09. The third kappa shape index (κ3) is 5.82. The van der Waals surface area contributed by atoms with Gasteiger partial charge in [-0.05, 0) is 61.0 Å². The Morgan fingerprint density at radius 2 is 1.62 bits per heavy atom. The van der Waals surface area contributed by atoms with Crippen LogP contribution in [0.3, 0.4) is 0 Å². The third-order valence-corrected chi connectivity index (χ3v) is 12.4. The van der Waals surface area contributed by atoms with Crippen LogP contribution in [0.4, 0.5) is 11.4 Å². The maximum Gasteiger partial charge on any atom is 0.250 e. The quantitative estimate of drug-likeness (QED) is 0.359. The molecule has 0 spiro atoms. The summed E-state index contributed by atoms with van der Waals surface area (Å²) in [5.41, 5.74) is 2.32. The second-order valence-corrected chi connectivity index (χ2v) is 16.9. The van der Waals surface area contributed by atoms with Crippen molar-refractivity contribution in [2.75, 3.05) is 24.7 Å². The van der Waals surface area contributed by atoms with Crippen molar-refractivity contribution in [2.45, 2.75) is 50.7 Å². The van der Waals surface area contributed by atoms with Crippen LogP contribution < -0.4 is 15.1 Å². The molecule has 0 heterocycles. The Labute approximate surface area is 203 Å². The van der Waals surface area contributed by atoms with Gasteiger partial charge < -0.3 is 15.1 Å². The Morgan fingerprint density at radius 1 is 1.06 bits per heavy atom. The molecule has 0 bridgehead atoms. The molecule has 0 radical (unpaired) electrons. The van der Waals surface area contributed by atoms with Crippen LogP contribution in [0, 0.1) is 6.92 Å². The molecule has 0 aliphatic carbocycles. The number of halogens is 1. The number of thiocarbonyl (C=S) groups is 1. The van der Waals surface area contributed by atoms with Crippen LogP contribution >= 0.6 is 23.8 Å². The van der Waals surface area contributed by atoms with Gasteiger partial charge >= 0.3 is 0 Å². The topological polar surface area (TPSA) is 70.7 Å². The van der Waals surface area contributed by atoms with Crippen molar-refractivity contribution < 1.29 is 12.8 Å². The largest absolute Gasteiger partial charge is 0.541 e. The normalized spacial score (nSPS) is 12.6. The SMILES string of the molecule is Cc1ccccc1NC(=S)Nc1ccc(Cl)c(S(=O)(=O)N(C)C)c1O[Si](C)(C)C(C)(C)C. The lowest BCUT2D eigenvalue weighted by atomic mass is 10.2. The van der Waals surface area contributed by atoms with Crippen LogP contribution in [0.5, 0.6) is 5.75 Å². The number of aryl methyl sites for hydroxylation is 1. The van der Waals surface area contributed by atoms with Crippen molar-refractivity contribution in [1.29, 1.82) is 0 Å². The van der Waals surface area contributed by atoms with E-state index in [1.807, 2.05) is 44.3 Å². The summed E-state index contributed by atoms with van der Waals surface area (Å²) in [4.78, 5) is -0.0716. The molecule has 2 aromatic carbocycles. The number of para-hydroxylation sites is 1. The van der Waals surface area contributed by atoms with Gasteiger partial charge in [-0.15, -0.1) is 0 Å². The van der Waals surface area contributed by atoms with Gasteiger partial charge in [-0.3, -0.25) is 0 Å². The second-order valence-electron chi connectivity index (χ2n) is 9.30. The Balaban J connectivity index is 2.59. The fourth-order valence-corrected chi connectivity index (χ4v) is 5.39. The lowest BCUT2D eigenvalue weighted by molar-refractivity contribution is 0.474. The van der Waals surface area contributed by atoms with Gasteiger partial charge in [0.1, 0.15) is 10.6 Å². The van der Waals surface area contributed by atoms with Crippen molar-refractivity contribution in [3.63, 3.8) is 0 Å². The first-order valence-corrected chi connectivity index (χ1v) is 15.3. The Kier molecular flexibility index (Phi) is 8.05. The minimum absolute atomic E-state index is 0.0716. The standard InChI is InChI=1S/C22H32ClN3O3S2Si/c1-15-11-9-10-12-17(15)24-21(30)25-18-14-13-16(23)20(31(27,28)26(5)6)19(18)29-32(7,8)22(2,3)4/h9-14H,1-8H3,(H2,24,25,30). The first-order valence-electron chi connectivity index (χ1n) is 10.2. The van der Waals surface area contributed by atoms with Crippen LogP contribution in [0.1, 0.15) is 26.3 Å². The third-order valence-electron chi connectivity index (χ3n) is 5.61. The van der Waals surface area contributed by atoms with E-state index in [4.69, 9.17) is 28.2 Å². The number of anilines is 2. The van der Waals surface area contributed by atoms with Gasteiger partial charge in [0.2, 0.25) is 10.0 Å². The molecule has 0 aliphatic rings. The first kappa shape index (κ1) is 26.6. The van der Waals surface area contributed by atoms with E-state index < -0.39 is 18.3 Å². The van der Waals surface area contributed by atoms with E-state index in [1.54, 1.807) is 6.07 Å². The van der Waals surface area contributed by atoms with E-state index in [9.17, 15) is 8.42 Å². The maximum absolute atomic E-state index is 13.2. The summed E-state index contributed by atoms with van der Waals surface area (Å²) >= 11 is 11.9. The van der Waals surface area contributed by atoms with Crippen molar-refractivity contribution in [1.82, 2.24) is 4.31 Å². The molecular weight excluding hydrogens is 482 g/mol. The molecule has 2 N–H and O–H groups in total. The molecule has 0 atom stereocenters. The molecule has 2 rings (SSSR count). The number of benzene rings is 2. The molecule has 0 aliphatic heterocycles. The minimum Gasteiger partial charge on any atom is -0.541 e. The summed E-state index contributed by atoms with van der Waals surface area (Å²) in [7, 11) is -3.38. The van der Waals surface area contributed by atoms with Crippen molar-refractivity contribution in [2.24, 2.45) is 0 Å². The van der Waals surface area contributed by atoms with Crippen LogP contribution in [-0.4, -0.2) is 40.2 Å². The molecule has 0 aromatic heterocycles. The number of hydrogen-bond acceptors (Lipinski definition) is 4. The minimum atomic E-state index is -3.89. The number of nitrogens with one attached hydrogen (secondary N) is 2. The molecule has 2 aromatic rings. The highest BCUT2D eigenvalue weighted by atomic mass is 35.5. The summed E-state index contributed by atoms with van der Waals surface area (Å²) in [6.45, 7) is 12.3. The van der Waals surface area contributed by atoms with E-state index in [2.05, 4.69) is 31.4 Å². The van der Waals surface area contributed by atoms with Crippen LogP contribution in [0.15, 0.2) is 41.3 Å². The average Bonchev–Trinajstić information content (AvgIpc) is 2.64. The molecule has 176 valence electrons. The summed E-state index contributed by atoms with van der Waals surface area (Å²) in [5, 5.41) is 6.52. The van der Waals surface area contributed by atoms with Gasteiger partial charge in [0.05, 0.1) is 10.7 Å². The van der Waals surface area contributed by atoms with Crippen molar-refractivity contribution in [3.05, 3.63) is 47.0 Å². The average molecular weight is 514 g/mol. The van der Waals surface area contributed by atoms with Gasteiger partial charge in [0.15, 0.2) is 5.11 Å². The fourth-order valence-electron chi connectivity index (χ4n) is 2.56. The molecule has 32 heavy (non-hydrogen) atoms. The number of sulfonamides is 1. The predicted molar refractivity (Wildman–Crippen MR) is 141 cm³/mol. The fraction of sp³-hybridized carbons (Fsp3) is 0.409. The maximum atomic E-state index is 13.2. The zero-order valence-corrected chi connectivity index (χ0v) is 23.2. The van der Waals surface area contributed by atoms with E-state index in [0.29, 0.717) is 10.8 Å². The highest BCUT2D eigenvalue weighted by Gasteiger charge is 2.41. The molecule has 0 saturated carbocycles. The van der Waals surface area contributed by atoms with Gasteiger partial charge in [0.25, 0.3) is 8.32 Å². The number of nitrogens with zero attached hydrogens (tertiary/aromatic N) is 1. The van der Waals surface area contributed by atoms with Gasteiger partial charge in [-0.25, -0.2) is 12.7 Å². The van der Waals surface area contributed by atoms with Gasteiger partial charge in [-0.1, -0.05) is 50.6 Å². The van der Waals surface area contributed by atoms with E-state index in [0.717, 1.165) is 15.6 Å². The molecule has 0 saturated heterocycles. The van der Waals surface area contributed by atoms with Crippen molar-refractivity contribution in [3.8, 4) is 5.75 Å². The molecule has 0 amide bonds. The second kappa shape index (κ2) is 9.68. The highest BCUT2D eigenvalue weighted by Crippen LogP contribution is 2.44. The van der Waals surface area contributed by atoms with E-state index in [1.165, 1.54) is 20.2 Å². The molecule has 10 heteroatoms. The van der Waals surface area contributed by atoms with E-state index >= 15 is 0 Å². The number of rotatable bonds is 6. The Morgan fingerprint density at radius 3 is 2.16 bits per heavy atom. The lowest BCUT2D eigenvalue weighted by Crippen LogP contribution is -2.44. The summed E-state index contributed by atoms with van der Waals surface area (Å²) in [6, 6.07) is 11.0. The molecular formula is C22H32ClN3O3S2Si. The molecule has 6 nitrogen and oxygen atoms in total. The van der Waals surface area contributed by atoms with Gasteiger partial charge in [0, 0.05) is 19.8 Å².